The van der Waals surface area contributed by atoms with Crippen LogP contribution in [0.5, 0.6) is 0 Å². The molecule has 0 amide bonds. The van der Waals surface area contributed by atoms with Gasteiger partial charge in [0.05, 0.1) is 11.5 Å². The number of hydrogen-bond donors (Lipinski definition) is 1. The molecule has 94 valence electrons. The van der Waals surface area contributed by atoms with E-state index in [4.69, 9.17) is 0 Å². The van der Waals surface area contributed by atoms with Gasteiger partial charge in [-0.25, -0.2) is 4.98 Å². The summed E-state index contributed by atoms with van der Waals surface area (Å²) in [6, 6.07) is 5.14. The second-order valence-electron chi connectivity index (χ2n) is 4.01. The summed E-state index contributed by atoms with van der Waals surface area (Å²) in [6.07, 6.45) is 0. The minimum Gasteiger partial charge on any atom is -0.373 e. The summed E-state index contributed by atoms with van der Waals surface area (Å²) in [6.45, 7) is 4.26. The molecule has 2 rings (SSSR count). The molecule has 0 unspecified atom stereocenters. The van der Waals surface area contributed by atoms with Crippen LogP contribution in [0.15, 0.2) is 23.6 Å². The molecule has 6 heteroatoms. The highest BCUT2D eigenvalue weighted by Gasteiger charge is 2.13. The summed E-state index contributed by atoms with van der Waals surface area (Å²) in [7, 11) is 0. The number of nitro groups is 1. The first-order valence-electron chi connectivity index (χ1n) is 5.46. The minimum absolute atomic E-state index is 0.100. The molecule has 2 aromatic rings. The van der Waals surface area contributed by atoms with E-state index < -0.39 is 0 Å². The van der Waals surface area contributed by atoms with Crippen molar-refractivity contribution in [1.82, 2.24) is 4.98 Å². The van der Waals surface area contributed by atoms with Crippen molar-refractivity contribution in [3.63, 3.8) is 0 Å². The fourth-order valence-corrected chi connectivity index (χ4v) is 2.31. The van der Waals surface area contributed by atoms with Gasteiger partial charge in [0.15, 0.2) is 0 Å². The number of aryl methyl sites for hydroxylation is 2. The lowest BCUT2D eigenvalue weighted by molar-refractivity contribution is -0.384. The summed E-state index contributed by atoms with van der Waals surface area (Å²) in [5.74, 6) is 0. The molecule has 1 N–H and O–H groups in total. The molecule has 0 fully saturated rings. The highest BCUT2D eigenvalue weighted by atomic mass is 32.1. The maximum absolute atomic E-state index is 10.9. The molecule has 0 radical (unpaired) electrons. The average Bonchev–Trinajstić information content (AvgIpc) is 2.73. The van der Waals surface area contributed by atoms with Crippen LogP contribution >= 0.6 is 11.3 Å². The number of nitrogens with one attached hydrogen (secondary N) is 1. The number of aromatic nitrogens is 1. The average molecular weight is 263 g/mol. The molecular weight excluding hydrogens is 250 g/mol. The largest absolute Gasteiger partial charge is 0.373 e. The van der Waals surface area contributed by atoms with Crippen LogP contribution in [0.3, 0.4) is 0 Å². The third kappa shape index (κ3) is 2.84. The molecule has 0 bridgehead atoms. The predicted molar refractivity (Wildman–Crippen MR) is 72.0 cm³/mol. The molecule has 0 saturated carbocycles. The van der Waals surface area contributed by atoms with Crippen molar-refractivity contribution in [2.45, 2.75) is 20.4 Å². The first-order chi connectivity index (χ1) is 8.56. The summed E-state index contributed by atoms with van der Waals surface area (Å²) in [5.41, 5.74) is 2.47. The topological polar surface area (TPSA) is 68.1 Å². The standard InChI is InChI=1S/C12H13N3O2S/c1-8-3-4-10(11(5-8)15(16)17)13-6-12-14-9(2)7-18-12/h3-5,7,13H,6H2,1-2H3. The van der Waals surface area contributed by atoms with E-state index in [1.54, 1.807) is 23.5 Å². The van der Waals surface area contributed by atoms with Gasteiger partial charge in [0, 0.05) is 17.1 Å². The number of hydrogen-bond acceptors (Lipinski definition) is 5. The van der Waals surface area contributed by atoms with E-state index in [1.807, 2.05) is 25.3 Å². The first-order valence-corrected chi connectivity index (χ1v) is 6.34. The zero-order valence-electron chi connectivity index (χ0n) is 10.1. The molecule has 1 heterocycles. The lowest BCUT2D eigenvalue weighted by Crippen LogP contribution is -2.02. The van der Waals surface area contributed by atoms with Crippen molar-refractivity contribution >= 4 is 22.7 Å². The van der Waals surface area contributed by atoms with Gasteiger partial charge < -0.3 is 5.32 Å². The molecule has 1 aromatic carbocycles. The monoisotopic (exact) mass is 263 g/mol. The van der Waals surface area contributed by atoms with E-state index in [9.17, 15) is 10.1 Å². The van der Waals surface area contributed by atoms with Gasteiger partial charge in [-0.15, -0.1) is 11.3 Å². The lowest BCUT2D eigenvalue weighted by Gasteiger charge is -2.05. The highest BCUT2D eigenvalue weighted by molar-refractivity contribution is 7.09. The van der Waals surface area contributed by atoms with Crippen molar-refractivity contribution in [3.05, 3.63) is 50.0 Å². The number of nitrogens with zero attached hydrogens (tertiary/aromatic N) is 2. The molecule has 0 aliphatic heterocycles. The third-order valence-electron chi connectivity index (χ3n) is 2.45. The van der Waals surface area contributed by atoms with Crippen molar-refractivity contribution in [2.24, 2.45) is 0 Å². The summed E-state index contributed by atoms with van der Waals surface area (Å²) in [5, 5.41) is 16.9. The number of thiazole rings is 1. The maximum Gasteiger partial charge on any atom is 0.292 e. The second kappa shape index (κ2) is 5.14. The SMILES string of the molecule is Cc1ccc(NCc2nc(C)cs2)c([N+](=O)[O-])c1. The smallest absolute Gasteiger partial charge is 0.292 e. The van der Waals surface area contributed by atoms with Crippen LogP contribution < -0.4 is 5.32 Å². The Kier molecular flexibility index (Phi) is 3.57. The Morgan fingerprint density at radius 2 is 2.22 bits per heavy atom. The van der Waals surface area contributed by atoms with Crippen molar-refractivity contribution in [3.8, 4) is 0 Å². The first kappa shape index (κ1) is 12.5. The van der Waals surface area contributed by atoms with Gasteiger partial charge in [-0.05, 0) is 25.5 Å². The number of anilines is 1. The van der Waals surface area contributed by atoms with E-state index in [2.05, 4.69) is 10.3 Å². The molecule has 0 aliphatic carbocycles. The Morgan fingerprint density at radius 3 is 2.83 bits per heavy atom. The van der Waals surface area contributed by atoms with Crippen LogP contribution in [0.4, 0.5) is 11.4 Å². The van der Waals surface area contributed by atoms with Crippen LogP contribution in [0.1, 0.15) is 16.3 Å². The quantitative estimate of drug-likeness (QED) is 0.679. The third-order valence-corrected chi connectivity index (χ3v) is 3.41. The van der Waals surface area contributed by atoms with Gasteiger partial charge in [0.2, 0.25) is 0 Å². The molecule has 5 nitrogen and oxygen atoms in total. The van der Waals surface area contributed by atoms with Crippen LogP contribution in [0.25, 0.3) is 0 Å². The van der Waals surface area contributed by atoms with Gasteiger partial charge in [0.25, 0.3) is 5.69 Å². The Bertz CT molecular complexity index is 580. The minimum atomic E-state index is -0.373. The molecule has 1 aromatic heterocycles. The fourth-order valence-electron chi connectivity index (χ4n) is 1.60. The molecule has 0 aliphatic rings. The molecular formula is C12H13N3O2S. The molecule has 18 heavy (non-hydrogen) atoms. The van der Waals surface area contributed by atoms with Crippen LogP contribution in [-0.4, -0.2) is 9.91 Å². The van der Waals surface area contributed by atoms with E-state index in [-0.39, 0.29) is 10.6 Å². The van der Waals surface area contributed by atoms with Gasteiger partial charge in [-0.3, -0.25) is 10.1 Å². The number of benzene rings is 1. The fraction of sp³-hybridized carbons (Fsp3) is 0.250. The zero-order chi connectivity index (χ0) is 13.1. The Balaban J connectivity index is 2.16. The van der Waals surface area contributed by atoms with Crippen LogP contribution in [-0.2, 0) is 6.54 Å². The molecule has 0 spiro atoms. The summed E-state index contributed by atoms with van der Waals surface area (Å²) < 4.78 is 0. The lowest BCUT2D eigenvalue weighted by atomic mass is 10.2. The maximum atomic E-state index is 10.9. The van der Waals surface area contributed by atoms with Crippen molar-refractivity contribution < 1.29 is 4.92 Å². The summed E-state index contributed by atoms with van der Waals surface area (Å²) >= 11 is 1.54. The van der Waals surface area contributed by atoms with E-state index in [0.29, 0.717) is 12.2 Å². The Hall–Kier alpha value is -1.95. The van der Waals surface area contributed by atoms with E-state index >= 15 is 0 Å². The normalized spacial score (nSPS) is 10.3. The number of rotatable bonds is 4. The predicted octanol–water partition coefficient (Wildman–Crippen LogP) is 3.28. The van der Waals surface area contributed by atoms with E-state index in [0.717, 1.165) is 16.3 Å². The summed E-state index contributed by atoms with van der Waals surface area (Å²) in [4.78, 5) is 14.9. The van der Waals surface area contributed by atoms with Crippen LogP contribution in [0, 0.1) is 24.0 Å². The Morgan fingerprint density at radius 1 is 1.44 bits per heavy atom. The van der Waals surface area contributed by atoms with Crippen molar-refractivity contribution in [1.29, 1.82) is 0 Å². The second-order valence-corrected chi connectivity index (χ2v) is 4.96. The molecule has 0 atom stereocenters. The highest BCUT2D eigenvalue weighted by Crippen LogP contribution is 2.26. The van der Waals surface area contributed by atoms with Gasteiger partial charge in [-0.1, -0.05) is 6.07 Å². The van der Waals surface area contributed by atoms with Crippen molar-refractivity contribution in [2.75, 3.05) is 5.32 Å². The zero-order valence-corrected chi connectivity index (χ0v) is 11.0. The van der Waals surface area contributed by atoms with Gasteiger partial charge in [-0.2, -0.15) is 0 Å². The van der Waals surface area contributed by atoms with E-state index in [1.165, 1.54) is 0 Å². The van der Waals surface area contributed by atoms with Gasteiger partial charge in [0.1, 0.15) is 10.7 Å². The van der Waals surface area contributed by atoms with Gasteiger partial charge >= 0.3 is 0 Å². The number of nitro benzene ring substituents is 1. The molecule has 0 saturated heterocycles. The Labute approximate surface area is 109 Å². The van der Waals surface area contributed by atoms with Crippen LogP contribution in [0.2, 0.25) is 0 Å².